The van der Waals surface area contributed by atoms with E-state index in [2.05, 4.69) is 10.4 Å². The molecule has 0 saturated heterocycles. The number of anilines is 1. The lowest BCUT2D eigenvalue weighted by atomic mass is 10.3. The Bertz CT molecular complexity index is 715. The summed E-state index contributed by atoms with van der Waals surface area (Å²) in [7, 11) is 1.80. The van der Waals surface area contributed by atoms with Crippen LogP contribution in [0.15, 0.2) is 23.1 Å². The highest BCUT2D eigenvalue weighted by Crippen LogP contribution is 2.26. The van der Waals surface area contributed by atoms with Gasteiger partial charge < -0.3 is 5.32 Å². The predicted octanol–water partition coefficient (Wildman–Crippen LogP) is 3.43. The molecule has 0 spiro atoms. The molecule has 0 radical (unpaired) electrons. The van der Waals surface area contributed by atoms with Crippen molar-refractivity contribution in [1.82, 2.24) is 9.78 Å². The molecule has 118 valence electrons. The number of carbonyl (C=O) groups is 1. The molecule has 22 heavy (non-hydrogen) atoms. The number of carbonyl (C=O) groups excluding carboxylic acids is 1. The highest BCUT2D eigenvalue weighted by Gasteiger charge is 2.19. The molecule has 1 aromatic heterocycles. The summed E-state index contributed by atoms with van der Waals surface area (Å²) in [6.45, 7) is 5.39. The molecular weight excluding hydrogens is 308 g/mol. The summed E-state index contributed by atoms with van der Waals surface area (Å²) in [6.07, 6.45) is 0. The Morgan fingerprint density at radius 3 is 2.55 bits per heavy atom. The van der Waals surface area contributed by atoms with Gasteiger partial charge in [-0.25, -0.2) is 8.78 Å². The number of hydrogen-bond donors (Lipinski definition) is 1. The van der Waals surface area contributed by atoms with Crippen molar-refractivity contribution in [3.05, 3.63) is 41.2 Å². The lowest BCUT2D eigenvalue weighted by Crippen LogP contribution is -2.23. The molecule has 0 aliphatic heterocycles. The number of nitrogens with one attached hydrogen (secondary N) is 1. The average Bonchev–Trinajstić information content (AvgIpc) is 2.69. The highest BCUT2D eigenvalue weighted by atomic mass is 32.2. The van der Waals surface area contributed by atoms with E-state index in [9.17, 15) is 13.6 Å². The van der Waals surface area contributed by atoms with E-state index >= 15 is 0 Å². The molecule has 1 heterocycles. The van der Waals surface area contributed by atoms with Crippen molar-refractivity contribution in [2.75, 3.05) is 5.32 Å². The van der Waals surface area contributed by atoms with Gasteiger partial charge in [-0.05, 0) is 39.0 Å². The molecule has 0 saturated carbocycles. The summed E-state index contributed by atoms with van der Waals surface area (Å²) in [5.74, 6) is -2.03. The maximum atomic E-state index is 13.2. The zero-order valence-corrected chi connectivity index (χ0v) is 13.6. The smallest absolute Gasteiger partial charge is 0.237 e. The fraction of sp³-hybridized carbons (Fsp3) is 0.333. The number of halogens is 2. The number of thioether (sulfide) groups is 1. The zero-order chi connectivity index (χ0) is 16.4. The molecule has 2 aromatic rings. The van der Waals surface area contributed by atoms with Gasteiger partial charge >= 0.3 is 0 Å². The summed E-state index contributed by atoms with van der Waals surface area (Å²) < 4.78 is 27.8. The van der Waals surface area contributed by atoms with Gasteiger partial charge in [-0.15, -0.1) is 11.8 Å². The van der Waals surface area contributed by atoms with Crippen LogP contribution < -0.4 is 5.32 Å². The van der Waals surface area contributed by atoms with Crippen molar-refractivity contribution in [1.29, 1.82) is 0 Å². The highest BCUT2D eigenvalue weighted by molar-refractivity contribution is 8.00. The Morgan fingerprint density at radius 2 is 2.00 bits per heavy atom. The summed E-state index contributed by atoms with van der Waals surface area (Å²) in [5.41, 5.74) is 2.28. The van der Waals surface area contributed by atoms with E-state index < -0.39 is 16.9 Å². The van der Waals surface area contributed by atoms with Crippen molar-refractivity contribution in [3.63, 3.8) is 0 Å². The van der Waals surface area contributed by atoms with Gasteiger partial charge in [-0.1, -0.05) is 0 Å². The van der Waals surface area contributed by atoms with Gasteiger partial charge in [0.25, 0.3) is 0 Å². The lowest BCUT2D eigenvalue weighted by Gasteiger charge is -2.12. The number of rotatable bonds is 4. The van der Waals surface area contributed by atoms with Crippen LogP contribution >= 0.6 is 11.8 Å². The van der Waals surface area contributed by atoms with Crippen molar-refractivity contribution in [2.24, 2.45) is 7.05 Å². The van der Waals surface area contributed by atoms with Crippen LogP contribution in [0.25, 0.3) is 0 Å². The van der Waals surface area contributed by atoms with Crippen LogP contribution in [0.1, 0.15) is 18.3 Å². The first-order valence-corrected chi connectivity index (χ1v) is 7.60. The van der Waals surface area contributed by atoms with Gasteiger partial charge in [-0.3, -0.25) is 9.48 Å². The Labute approximate surface area is 131 Å². The number of aryl methyl sites for hydroxylation is 2. The monoisotopic (exact) mass is 325 g/mol. The second kappa shape index (κ2) is 6.48. The topological polar surface area (TPSA) is 46.9 Å². The van der Waals surface area contributed by atoms with E-state index in [0.29, 0.717) is 10.6 Å². The van der Waals surface area contributed by atoms with Crippen molar-refractivity contribution in [2.45, 2.75) is 30.9 Å². The van der Waals surface area contributed by atoms with Gasteiger partial charge in [0.2, 0.25) is 5.91 Å². The molecule has 7 heteroatoms. The van der Waals surface area contributed by atoms with Gasteiger partial charge in [-0.2, -0.15) is 5.10 Å². The van der Waals surface area contributed by atoms with Crippen LogP contribution in [0, 0.1) is 25.5 Å². The fourth-order valence-corrected chi connectivity index (χ4v) is 2.88. The number of hydrogen-bond acceptors (Lipinski definition) is 3. The summed E-state index contributed by atoms with van der Waals surface area (Å²) in [6, 6.07) is 3.59. The minimum absolute atomic E-state index is 0.214. The molecule has 0 fully saturated rings. The first-order chi connectivity index (χ1) is 10.3. The first kappa shape index (κ1) is 16.5. The second-order valence-electron chi connectivity index (χ2n) is 4.99. The molecule has 0 aliphatic carbocycles. The molecule has 1 aromatic carbocycles. The molecule has 0 aliphatic rings. The largest absolute Gasteiger partial charge is 0.322 e. The van der Waals surface area contributed by atoms with Crippen LogP contribution in [-0.2, 0) is 11.8 Å². The normalized spacial score (nSPS) is 12.3. The Kier molecular flexibility index (Phi) is 4.85. The van der Waals surface area contributed by atoms with Crippen LogP contribution in [-0.4, -0.2) is 20.9 Å². The molecule has 1 N–H and O–H groups in total. The number of aromatic nitrogens is 2. The minimum atomic E-state index is -0.920. The van der Waals surface area contributed by atoms with Gasteiger partial charge in [0.15, 0.2) is 11.6 Å². The molecule has 0 bridgehead atoms. The van der Waals surface area contributed by atoms with Gasteiger partial charge in [0, 0.05) is 11.9 Å². The maximum Gasteiger partial charge on any atom is 0.237 e. The zero-order valence-electron chi connectivity index (χ0n) is 12.8. The van der Waals surface area contributed by atoms with Crippen molar-refractivity contribution < 1.29 is 13.6 Å². The molecule has 1 amide bonds. The fourth-order valence-electron chi connectivity index (χ4n) is 1.99. The van der Waals surface area contributed by atoms with Crippen molar-refractivity contribution >= 4 is 23.4 Å². The van der Waals surface area contributed by atoms with Crippen LogP contribution in [0.5, 0.6) is 0 Å². The minimum Gasteiger partial charge on any atom is -0.322 e. The number of amides is 1. The molecular formula is C15H17F2N3OS. The Hall–Kier alpha value is -1.89. The predicted molar refractivity (Wildman–Crippen MR) is 83.0 cm³/mol. The standard InChI is InChI=1S/C15H17F2N3OS/c1-8-14(9(2)20(4)19-8)18-15(21)10(3)22-11-5-6-12(16)13(17)7-11/h5-7,10H,1-4H3,(H,18,21). The third kappa shape index (κ3) is 3.47. The average molecular weight is 325 g/mol. The number of nitrogens with zero attached hydrogens (tertiary/aromatic N) is 2. The third-order valence-electron chi connectivity index (χ3n) is 3.33. The number of benzene rings is 1. The SMILES string of the molecule is Cc1nn(C)c(C)c1NC(=O)C(C)Sc1ccc(F)c(F)c1. The first-order valence-electron chi connectivity index (χ1n) is 6.72. The molecule has 1 unspecified atom stereocenters. The Balaban J connectivity index is 2.07. The Morgan fingerprint density at radius 1 is 1.32 bits per heavy atom. The lowest BCUT2D eigenvalue weighted by molar-refractivity contribution is -0.115. The van der Waals surface area contributed by atoms with E-state index in [-0.39, 0.29) is 5.91 Å². The molecule has 2 rings (SSSR count). The quantitative estimate of drug-likeness (QED) is 0.876. The summed E-state index contributed by atoms with van der Waals surface area (Å²) >= 11 is 1.17. The maximum absolute atomic E-state index is 13.2. The van der Waals surface area contributed by atoms with Crippen LogP contribution in [0.3, 0.4) is 0 Å². The van der Waals surface area contributed by atoms with E-state index in [1.54, 1.807) is 18.7 Å². The molecule has 4 nitrogen and oxygen atoms in total. The van der Waals surface area contributed by atoms with E-state index in [0.717, 1.165) is 23.5 Å². The van der Waals surface area contributed by atoms with E-state index in [4.69, 9.17) is 0 Å². The third-order valence-corrected chi connectivity index (χ3v) is 4.42. The van der Waals surface area contributed by atoms with Gasteiger partial charge in [0.05, 0.1) is 22.3 Å². The second-order valence-corrected chi connectivity index (χ2v) is 6.41. The van der Waals surface area contributed by atoms with Crippen molar-refractivity contribution in [3.8, 4) is 0 Å². The van der Waals surface area contributed by atoms with E-state index in [1.165, 1.54) is 17.8 Å². The molecule has 1 atom stereocenters. The van der Waals surface area contributed by atoms with Crippen LogP contribution in [0.2, 0.25) is 0 Å². The van der Waals surface area contributed by atoms with E-state index in [1.807, 2.05) is 13.8 Å². The van der Waals surface area contributed by atoms with Gasteiger partial charge in [0.1, 0.15) is 0 Å². The summed E-state index contributed by atoms with van der Waals surface area (Å²) in [5, 5.41) is 6.61. The summed E-state index contributed by atoms with van der Waals surface area (Å²) in [4.78, 5) is 12.7. The van der Waals surface area contributed by atoms with Crippen LogP contribution in [0.4, 0.5) is 14.5 Å².